The van der Waals surface area contributed by atoms with Crippen molar-refractivity contribution in [3.05, 3.63) is 34.7 Å². The van der Waals surface area contributed by atoms with E-state index in [0.29, 0.717) is 36.3 Å². The van der Waals surface area contributed by atoms with Gasteiger partial charge < -0.3 is 29.4 Å². The number of guanidine groups is 1. The van der Waals surface area contributed by atoms with E-state index in [4.69, 9.17) is 18.7 Å². The minimum absolute atomic E-state index is 0. The zero-order chi connectivity index (χ0) is 20.5. The van der Waals surface area contributed by atoms with Gasteiger partial charge in [0, 0.05) is 37.7 Å². The lowest BCUT2D eigenvalue weighted by atomic mass is 10.1. The van der Waals surface area contributed by atoms with E-state index in [9.17, 15) is 0 Å². The van der Waals surface area contributed by atoms with Gasteiger partial charge in [-0.2, -0.15) is 0 Å². The molecule has 0 amide bonds. The molecule has 0 spiro atoms. The van der Waals surface area contributed by atoms with Gasteiger partial charge in [0.05, 0.1) is 27.0 Å². The first-order chi connectivity index (χ1) is 13.6. The Balaban J connectivity index is 0.00000420. The molecule has 1 aromatic heterocycles. The molecule has 2 N–H and O–H groups in total. The van der Waals surface area contributed by atoms with E-state index in [1.807, 2.05) is 12.1 Å². The van der Waals surface area contributed by atoms with Crippen LogP contribution in [-0.4, -0.2) is 39.5 Å². The standard InChI is InChI=1S/C20H30N4O4.HI/c1-7-15-14(16(8-2)28-24-15)12-23-20(21-3)22-11-13-9-10-17(25-4)19(27-6)18(13)26-5;/h9-10H,7-8,11-12H2,1-6H3,(H2,21,22,23);1H. The van der Waals surface area contributed by atoms with Crippen LogP contribution >= 0.6 is 24.0 Å². The molecule has 8 nitrogen and oxygen atoms in total. The fourth-order valence-corrected chi connectivity index (χ4v) is 3.01. The maximum Gasteiger partial charge on any atom is 0.203 e. The largest absolute Gasteiger partial charge is 0.493 e. The second-order valence-corrected chi connectivity index (χ2v) is 6.01. The van der Waals surface area contributed by atoms with E-state index < -0.39 is 0 Å². The zero-order valence-electron chi connectivity index (χ0n) is 17.9. The van der Waals surface area contributed by atoms with Gasteiger partial charge in [-0.15, -0.1) is 24.0 Å². The van der Waals surface area contributed by atoms with Gasteiger partial charge in [0.1, 0.15) is 5.76 Å². The van der Waals surface area contributed by atoms with Crippen LogP contribution in [0.15, 0.2) is 21.6 Å². The smallest absolute Gasteiger partial charge is 0.203 e. The molecule has 0 aliphatic rings. The number of rotatable bonds is 9. The van der Waals surface area contributed by atoms with Crippen LogP contribution in [0.5, 0.6) is 17.2 Å². The van der Waals surface area contributed by atoms with Crippen LogP contribution in [0, 0.1) is 0 Å². The van der Waals surface area contributed by atoms with E-state index in [1.54, 1.807) is 28.4 Å². The summed E-state index contributed by atoms with van der Waals surface area (Å²) in [6.07, 6.45) is 1.63. The maximum atomic E-state index is 5.53. The van der Waals surface area contributed by atoms with Crippen molar-refractivity contribution in [3.63, 3.8) is 0 Å². The van der Waals surface area contributed by atoms with Crippen molar-refractivity contribution in [3.8, 4) is 17.2 Å². The predicted octanol–water partition coefficient (Wildman–Crippen LogP) is 3.31. The fourth-order valence-electron chi connectivity index (χ4n) is 3.01. The van der Waals surface area contributed by atoms with Gasteiger partial charge in [-0.05, 0) is 18.6 Å². The number of nitrogens with one attached hydrogen (secondary N) is 2. The van der Waals surface area contributed by atoms with E-state index in [1.165, 1.54) is 0 Å². The van der Waals surface area contributed by atoms with E-state index in [2.05, 4.69) is 34.6 Å². The molecule has 29 heavy (non-hydrogen) atoms. The Labute approximate surface area is 189 Å². The third-order valence-corrected chi connectivity index (χ3v) is 4.50. The summed E-state index contributed by atoms with van der Waals surface area (Å²) in [7, 11) is 6.53. The van der Waals surface area contributed by atoms with Crippen LogP contribution in [0.1, 0.15) is 36.4 Å². The molecule has 0 unspecified atom stereocenters. The topological polar surface area (TPSA) is 90.1 Å². The van der Waals surface area contributed by atoms with Crippen LogP contribution in [0.3, 0.4) is 0 Å². The highest BCUT2D eigenvalue weighted by Gasteiger charge is 2.17. The Morgan fingerprint density at radius 2 is 1.69 bits per heavy atom. The zero-order valence-corrected chi connectivity index (χ0v) is 20.2. The fraction of sp³-hybridized carbons (Fsp3) is 0.500. The molecular weight excluding hydrogens is 487 g/mol. The summed E-state index contributed by atoms with van der Waals surface area (Å²) in [6, 6.07) is 3.79. The first-order valence-electron chi connectivity index (χ1n) is 9.31. The highest BCUT2D eigenvalue weighted by molar-refractivity contribution is 14.0. The lowest BCUT2D eigenvalue weighted by molar-refractivity contribution is 0.322. The van der Waals surface area contributed by atoms with Gasteiger partial charge in [-0.1, -0.05) is 19.0 Å². The first-order valence-corrected chi connectivity index (χ1v) is 9.31. The quantitative estimate of drug-likeness (QED) is 0.299. The van der Waals surface area contributed by atoms with Crippen molar-refractivity contribution in [2.24, 2.45) is 4.99 Å². The number of halogens is 1. The van der Waals surface area contributed by atoms with Gasteiger partial charge in [-0.25, -0.2) is 0 Å². The molecule has 0 saturated heterocycles. The molecule has 1 heterocycles. The molecule has 9 heteroatoms. The predicted molar refractivity (Wildman–Crippen MR) is 124 cm³/mol. The summed E-state index contributed by atoms with van der Waals surface area (Å²) in [5.41, 5.74) is 2.99. The Bertz CT molecular complexity index is 787. The van der Waals surface area contributed by atoms with E-state index >= 15 is 0 Å². The molecule has 0 aliphatic carbocycles. The molecule has 162 valence electrons. The summed E-state index contributed by atoms with van der Waals surface area (Å²) in [6.45, 7) is 5.23. The van der Waals surface area contributed by atoms with Crippen molar-refractivity contribution in [1.82, 2.24) is 15.8 Å². The Morgan fingerprint density at radius 3 is 2.24 bits per heavy atom. The number of methoxy groups -OCH3 is 3. The number of aliphatic imine (C=N–C) groups is 1. The van der Waals surface area contributed by atoms with Gasteiger partial charge in [0.15, 0.2) is 17.5 Å². The Kier molecular flexibility index (Phi) is 10.6. The molecule has 0 saturated carbocycles. The second kappa shape index (κ2) is 12.4. The van der Waals surface area contributed by atoms with Crippen LogP contribution < -0.4 is 24.8 Å². The number of aromatic nitrogens is 1. The van der Waals surface area contributed by atoms with Crippen LogP contribution in [0.25, 0.3) is 0 Å². The molecule has 0 bridgehead atoms. The number of hydrogen-bond donors (Lipinski definition) is 2. The van der Waals surface area contributed by atoms with E-state index in [0.717, 1.165) is 35.4 Å². The van der Waals surface area contributed by atoms with Crippen LogP contribution in [0.4, 0.5) is 0 Å². The van der Waals surface area contributed by atoms with Gasteiger partial charge in [-0.3, -0.25) is 4.99 Å². The normalized spacial score (nSPS) is 10.9. The van der Waals surface area contributed by atoms with Gasteiger partial charge in [0.2, 0.25) is 5.75 Å². The molecule has 1 aromatic carbocycles. The Morgan fingerprint density at radius 1 is 1.00 bits per heavy atom. The average molecular weight is 518 g/mol. The summed E-state index contributed by atoms with van der Waals surface area (Å²) in [4.78, 5) is 4.29. The lowest BCUT2D eigenvalue weighted by Crippen LogP contribution is -2.36. The van der Waals surface area contributed by atoms with Crippen molar-refractivity contribution in [1.29, 1.82) is 0 Å². The first kappa shape index (κ1) is 24.9. The van der Waals surface area contributed by atoms with Crippen LogP contribution in [0.2, 0.25) is 0 Å². The molecule has 0 radical (unpaired) electrons. The van der Waals surface area contributed by atoms with Crippen molar-refractivity contribution in [2.75, 3.05) is 28.4 Å². The number of hydrogen-bond acceptors (Lipinski definition) is 6. The van der Waals surface area contributed by atoms with Crippen LogP contribution in [-0.2, 0) is 25.9 Å². The monoisotopic (exact) mass is 518 g/mol. The SMILES string of the molecule is CCc1noc(CC)c1CNC(=NC)NCc1ccc(OC)c(OC)c1OC.I. The Hall–Kier alpha value is -2.17. The number of ether oxygens (including phenoxy) is 3. The molecule has 0 atom stereocenters. The minimum Gasteiger partial charge on any atom is -0.493 e. The number of aryl methyl sites for hydroxylation is 2. The average Bonchev–Trinajstić information content (AvgIpc) is 3.14. The third-order valence-electron chi connectivity index (χ3n) is 4.50. The molecular formula is C20H31IN4O4. The van der Waals surface area contributed by atoms with Crippen molar-refractivity contribution < 1.29 is 18.7 Å². The summed E-state index contributed by atoms with van der Waals surface area (Å²) < 4.78 is 21.7. The minimum atomic E-state index is 0. The molecule has 2 rings (SSSR count). The summed E-state index contributed by atoms with van der Waals surface area (Å²) in [5.74, 6) is 3.39. The van der Waals surface area contributed by atoms with Gasteiger partial charge in [0.25, 0.3) is 0 Å². The maximum absolute atomic E-state index is 5.53. The van der Waals surface area contributed by atoms with Crippen molar-refractivity contribution in [2.45, 2.75) is 39.8 Å². The lowest BCUT2D eigenvalue weighted by Gasteiger charge is -2.17. The van der Waals surface area contributed by atoms with Crippen molar-refractivity contribution >= 4 is 29.9 Å². The third kappa shape index (κ3) is 5.91. The highest BCUT2D eigenvalue weighted by Crippen LogP contribution is 2.39. The molecule has 0 fully saturated rings. The molecule has 0 aliphatic heterocycles. The second-order valence-electron chi connectivity index (χ2n) is 6.01. The number of benzene rings is 1. The van der Waals surface area contributed by atoms with E-state index in [-0.39, 0.29) is 24.0 Å². The highest BCUT2D eigenvalue weighted by atomic mass is 127. The molecule has 2 aromatic rings. The van der Waals surface area contributed by atoms with Gasteiger partial charge >= 0.3 is 0 Å². The summed E-state index contributed by atoms with van der Waals surface area (Å²) >= 11 is 0. The number of nitrogens with zero attached hydrogens (tertiary/aromatic N) is 2. The summed E-state index contributed by atoms with van der Waals surface area (Å²) in [5, 5.41) is 10.8.